The number of hydrogen-bond acceptors (Lipinski definition) is 4. The maximum absolute atomic E-state index is 11.9. The zero-order valence-corrected chi connectivity index (χ0v) is 12.7. The highest BCUT2D eigenvalue weighted by Gasteiger charge is 2.15. The smallest absolute Gasteiger partial charge is 0.241 e. The summed E-state index contributed by atoms with van der Waals surface area (Å²) in [5.74, 6) is -0.0510. The molecule has 1 atom stereocenters. The number of aromatic nitrogens is 2. The number of amides is 1. The van der Waals surface area contributed by atoms with Crippen molar-refractivity contribution >= 4 is 17.5 Å². The average Bonchev–Trinajstić information content (AvgIpc) is 2.68. The predicted octanol–water partition coefficient (Wildman–Crippen LogP) is 0.682. The molecule has 1 saturated heterocycles. The molecule has 2 heterocycles. The van der Waals surface area contributed by atoms with E-state index in [4.69, 9.17) is 16.3 Å². The third-order valence-corrected chi connectivity index (χ3v) is 3.61. The number of aryl methyl sites for hydroxylation is 1. The van der Waals surface area contributed by atoms with E-state index in [9.17, 15) is 4.79 Å². The molecule has 1 aliphatic heterocycles. The molecule has 0 aromatic carbocycles. The Morgan fingerprint density at radius 1 is 1.55 bits per heavy atom. The van der Waals surface area contributed by atoms with E-state index in [1.54, 1.807) is 10.9 Å². The SMILES string of the molecule is Cc1nn(CC(=O)NC(C)CN2CCOCC2)cc1Cl. The number of halogens is 1. The van der Waals surface area contributed by atoms with Gasteiger partial charge in [0.1, 0.15) is 6.54 Å². The minimum absolute atomic E-state index is 0.0510. The van der Waals surface area contributed by atoms with Crippen LogP contribution in [0.3, 0.4) is 0 Å². The van der Waals surface area contributed by atoms with Gasteiger partial charge in [0.15, 0.2) is 0 Å². The third kappa shape index (κ3) is 4.47. The molecule has 0 aliphatic carbocycles. The lowest BCUT2D eigenvalue weighted by atomic mass is 10.3. The van der Waals surface area contributed by atoms with Gasteiger partial charge in [-0.15, -0.1) is 0 Å². The van der Waals surface area contributed by atoms with Crippen LogP contribution >= 0.6 is 11.6 Å². The first-order valence-corrected chi connectivity index (χ1v) is 7.21. The molecule has 2 rings (SSSR count). The van der Waals surface area contributed by atoms with Crippen LogP contribution in [0.25, 0.3) is 0 Å². The summed E-state index contributed by atoms with van der Waals surface area (Å²) in [6, 6.07) is 0.104. The zero-order valence-electron chi connectivity index (χ0n) is 11.9. The molecule has 1 amide bonds. The molecule has 20 heavy (non-hydrogen) atoms. The van der Waals surface area contributed by atoms with Gasteiger partial charge in [-0.3, -0.25) is 14.4 Å². The van der Waals surface area contributed by atoms with Crippen LogP contribution in [0.2, 0.25) is 5.02 Å². The Balaban J connectivity index is 1.75. The van der Waals surface area contributed by atoms with Crippen LogP contribution in [0.5, 0.6) is 0 Å². The van der Waals surface area contributed by atoms with Crippen molar-refractivity contribution in [2.24, 2.45) is 0 Å². The van der Waals surface area contributed by atoms with Crippen molar-refractivity contribution in [1.29, 1.82) is 0 Å². The van der Waals surface area contributed by atoms with Gasteiger partial charge in [-0.1, -0.05) is 11.6 Å². The predicted molar refractivity (Wildman–Crippen MR) is 76.8 cm³/mol. The second kappa shape index (κ2) is 7.06. The second-order valence-corrected chi connectivity index (χ2v) is 5.55. The molecule has 0 saturated carbocycles. The molecular weight excluding hydrogens is 280 g/mol. The van der Waals surface area contributed by atoms with E-state index in [1.165, 1.54) is 0 Å². The minimum atomic E-state index is -0.0510. The Morgan fingerprint density at radius 3 is 2.85 bits per heavy atom. The van der Waals surface area contributed by atoms with E-state index in [-0.39, 0.29) is 18.5 Å². The highest BCUT2D eigenvalue weighted by atomic mass is 35.5. The van der Waals surface area contributed by atoms with Crippen LogP contribution in [0.4, 0.5) is 0 Å². The number of rotatable bonds is 5. The quantitative estimate of drug-likeness (QED) is 0.869. The fraction of sp³-hybridized carbons (Fsp3) is 0.692. The fourth-order valence-electron chi connectivity index (χ4n) is 2.26. The van der Waals surface area contributed by atoms with Gasteiger partial charge < -0.3 is 10.1 Å². The van der Waals surface area contributed by atoms with Gasteiger partial charge >= 0.3 is 0 Å². The molecule has 0 bridgehead atoms. The van der Waals surface area contributed by atoms with Crippen LogP contribution in [-0.4, -0.2) is 59.5 Å². The van der Waals surface area contributed by atoms with Gasteiger partial charge in [-0.25, -0.2) is 0 Å². The number of ether oxygens (including phenoxy) is 1. The van der Waals surface area contributed by atoms with Crippen molar-refractivity contribution in [2.45, 2.75) is 26.4 Å². The molecule has 112 valence electrons. The lowest BCUT2D eigenvalue weighted by Gasteiger charge is -2.29. The molecule has 6 nitrogen and oxygen atoms in total. The summed E-state index contributed by atoms with van der Waals surface area (Å²) in [7, 11) is 0. The van der Waals surface area contributed by atoms with Crippen LogP contribution in [0, 0.1) is 6.92 Å². The molecule has 1 aromatic rings. The third-order valence-electron chi connectivity index (χ3n) is 3.24. The van der Waals surface area contributed by atoms with Crippen LogP contribution in [0.15, 0.2) is 6.20 Å². The van der Waals surface area contributed by atoms with Crippen molar-refractivity contribution < 1.29 is 9.53 Å². The number of nitrogens with zero attached hydrogens (tertiary/aromatic N) is 3. The number of carbonyl (C=O) groups is 1. The normalized spacial score (nSPS) is 17.9. The van der Waals surface area contributed by atoms with Crippen molar-refractivity contribution in [3.63, 3.8) is 0 Å². The summed E-state index contributed by atoms with van der Waals surface area (Å²) in [5, 5.41) is 7.73. The Labute approximate surface area is 124 Å². The number of hydrogen-bond donors (Lipinski definition) is 1. The van der Waals surface area contributed by atoms with Gasteiger partial charge in [0.05, 0.1) is 23.9 Å². The first kappa shape index (κ1) is 15.3. The van der Waals surface area contributed by atoms with E-state index < -0.39 is 0 Å². The van der Waals surface area contributed by atoms with E-state index in [0.29, 0.717) is 5.02 Å². The molecule has 1 aliphatic rings. The van der Waals surface area contributed by atoms with Crippen LogP contribution in [0.1, 0.15) is 12.6 Å². The molecule has 7 heteroatoms. The Bertz CT molecular complexity index is 438. The summed E-state index contributed by atoms with van der Waals surface area (Å²) in [4.78, 5) is 14.2. The maximum Gasteiger partial charge on any atom is 0.241 e. The van der Waals surface area contributed by atoms with Crippen LogP contribution < -0.4 is 5.32 Å². The van der Waals surface area contributed by atoms with Gasteiger partial charge in [-0.05, 0) is 13.8 Å². The van der Waals surface area contributed by atoms with Gasteiger partial charge in [0, 0.05) is 31.9 Å². The Kier molecular flexibility index (Phi) is 5.39. The summed E-state index contributed by atoms with van der Waals surface area (Å²) in [6.07, 6.45) is 1.67. The van der Waals surface area contributed by atoms with E-state index in [1.807, 2.05) is 13.8 Å². The molecule has 0 spiro atoms. The van der Waals surface area contributed by atoms with Crippen molar-refractivity contribution in [1.82, 2.24) is 20.0 Å². The van der Waals surface area contributed by atoms with Gasteiger partial charge in [0.25, 0.3) is 0 Å². The number of carbonyl (C=O) groups excluding carboxylic acids is 1. The molecular formula is C13H21ClN4O2. The highest BCUT2D eigenvalue weighted by molar-refractivity contribution is 6.31. The molecule has 0 radical (unpaired) electrons. The first-order chi connectivity index (χ1) is 9.54. The fourth-order valence-corrected chi connectivity index (χ4v) is 2.41. The summed E-state index contributed by atoms with van der Waals surface area (Å²) >= 11 is 5.91. The largest absolute Gasteiger partial charge is 0.379 e. The summed E-state index contributed by atoms with van der Waals surface area (Å²) < 4.78 is 6.87. The Hall–Kier alpha value is -1.11. The summed E-state index contributed by atoms with van der Waals surface area (Å²) in [5.41, 5.74) is 0.737. The first-order valence-electron chi connectivity index (χ1n) is 6.83. The van der Waals surface area contributed by atoms with Crippen LogP contribution in [-0.2, 0) is 16.1 Å². The van der Waals surface area contributed by atoms with Crippen molar-refractivity contribution in [2.75, 3.05) is 32.8 Å². The molecule has 1 aromatic heterocycles. The van der Waals surface area contributed by atoms with Gasteiger partial charge in [-0.2, -0.15) is 5.10 Å². The number of morpholine rings is 1. The summed E-state index contributed by atoms with van der Waals surface area (Å²) in [6.45, 7) is 8.25. The standard InChI is InChI=1S/C13H21ClN4O2/c1-10(7-17-3-5-20-6-4-17)15-13(19)9-18-8-12(14)11(2)16-18/h8,10H,3-7,9H2,1-2H3,(H,15,19). The van der Waals surface area contributed by atoms with Crippen molar-refractivity contribution in [3.05, 3.63) is 16.9 Å². The van der Waals surface area contributed by atoms with E-state index >= 15 is 0 Å². The van der Waals surface area contributed by atoms with E-state index in [0.717, 1.165) is 38.5 Å². The number of nitrogens with one attached hydrogen (secondary N) is 1. The van der Waals surface area contributed by atoms with Crippen molar-refractivity contribution in [3.8, 4) is 0 Å². The highest BCUT2D eigenvalue weighted by Crippen LogP contribution is 2.11. The van der Waals surface area contributed by atoms with E-state index in [2.05, 4.69) is 15.3 Å². The molecule has 1 unspecified atom stereocenters. The lowest BCUT2D eigenvalue weighted by molar-refractivity contribution is -0.122. The Morgan fingerprint density at radius 2 is 2.25 bits per heavy atom. The monoisotopic (exact) mass is 300 g/mol. The maximum atomic E-state index is 11.9. The lowest BCUT2D eigenvalue weighted by Crippen LogP contribution is -2.46. The van der Waals surface area contributed by atoms with Gasteiger partial charge in [0.2, 0.25) is 5.91 Å². The average molecular weight is 301 g/mol. The topological polar surface area (TPSA) is 59.4 Å². The molecule has 1 fully saturated rings. The minimum Gasteiger partial charge on any atom is -0.379 e. The molecule has 1 N–H and O–H groups in total. The zero-order chi connectivity index (χ0) is 14.5. The second-order valence-electron chi connectivity index (χ2n) is 5.14.